The van der Waals surface area contributed by atoms with Gasteiger partial charge in [-0.25, -0.2) is 0 Å². The quantitative estimate of drug-likeness (QED) is 0.630. The van der Waals surface area contributed by atoms with Crippen LogP contribution in [-0.4, -0.2) is 9.02 Å². The zero-order valence-electron chi connectivity index (χ0n) is 6.18. The number of nitrogens with zero attached hydrogens (tertiary/aromatic N) is 3. The molecule has 0 saturated heterocycles. The Balaban J connectivity index is 2.97. The first-order chi connectivity index (χ1) is 4.61. The molecule has 0 aromatic carbocycles. The van der Waals surface area contributed by atoms with Crippen LogP contribution in [0.3, 0.4) is 0 Å². The van der Waals surface area contributed by atoms with E-state index in [9.17, 15) is 0 Å². The first-order valence-corrected chi connectivity index (χ1v) is 5.32. The minimum atomic E-state index is 0.187. The van der Waals surface area contributed by atoms with E-state index in [4.69, 9.17) is 0 Å². The van der Waals surface area contributed by atoms with Gasteiger partial charge in [-0.05, 0) is 29.8 Å². The molecule has 54 valence electrons. The molecule has 0 spiro atoms. The molecule has 1 aromatic rings. The predicted molar refractivity (Wildman–Crippen MR) is 44.8 cm³/mol. The van der Waals surface area contributed by atoms with Gasteiger partial charge >= 0.3 is 25.5 Å². The van der Waals surface area contributed by atoms with Gasteiger partial charge in [-0.3, -0.25) is 0 Å². The predicted octanol–water partition coefficient (Wildman–Crippen LogP) is 2.26. The molecule has 0 N–H and O–H groups in total. The first kappa shape index (κ1) is 8.40. The zero-order valence-corrected chi connectivity index (χ0v) is 8.87. The van der Waals surface area contributed by atoms with Gasteiger partial charge < -0.3 is 0 Å². The fraction of sp³-hybridized carbons (Fsp3) is 1.00. The summed E-state index contributed by atoms with van der Waals surface area (Å²) in [5.41, 5.74) is 0.187. The molecular formula is C4H9N3P3+. The molecular weight excluding hydrogens is 183 g/mol. The molecule has 0 radical (unpaired) electrons. The van der Waals surface area contributed by atoms with Gasteiger partial charge in [0.05, 0.1) is 5.54 Å². The topological polar surface area (TPSA) is 29.7 Å². The summed E-state index contributed by atoms with van der Waals surface area (Å²) in [4.78, 5) is 0. The molecule has 6 heteroatoms. The second kappa shape index (κ2) is 3.13. The average Bonchev–Trinajstić information content (AvgIpc) is 1.88. The summed E-state index contributed by atoms with van der Waals surface area (Å²) in [6.45, 7) is 6.50. The summed E-state index contributed by atoms with van der Waals surface area (Å²) in [7, 11) is 2.97. The Bertz CT molecular complexity index is 207. The zero-order chi connectivity index (χ0) is 7.61. The van der Waals surface area contributed by atoms with E-state index in [0.29, 0.717) is 0 Å². The summed E-state index contributed by atoms with van der Waals surface area (Å²) in [5, 5.41) is 0. The van der Waals surface area contributed by atoms with E-state index < -0.39 is 0 Å². The van der Waals surface area contributed by atoms with Gasteiger partial charge in [0, 0.05) is 0 Å². The van der Waals surface area contributed by atoms with Crippen LogP contribution in [0.1, 0.15) is 20.8 Å². The van der Waals surface area contributed by atoms with Crippen molar-refractivity contribution in [2.45, 2.75) is 26.3 Å². The van der Waals surface area contributed by atoms with Crippen LogP contribution in [0.5, 0.6) is 0 Å². The molecule has 0 aliphatic carbocycles. The molecule has 1 aromatic heterocycles. The van der Waals surface area contributed by atoms with Crippen molar-refractivity contribution in [1.29, 1.82) is 0 Å². The lowest BCUT2D eigenvalue weighted by molar-refractivity contribution is -0.627. The SMILES string of the molecule is CC(C)(C)[n+]1pnpnp1. The molecule has 3 nitrogen and oxygen atoms in total. The highest BCUT2D eigenvalue weighted by Gasteiger charge is 2.17. The maximum Gasteiger partial charge on any atom is 0.356 e. The van der Waals surface area contributed by atoms with Gasteiger partial charge in [0.15, 0.2) is 0 Å². The number of hydrogen-bond acceptors (Lipinski definition) is 2. The van der Waals surface area contributed by atoms with Crippen LogP contribution in [0.2, 0.25) is 0 Å². The lowest BCUT2D eigenvalue weighted by Gasteiger charge is -2.12. The highest BCUT2D eigenvalue weighted by atomic mass is 31.1. The van der Waals surface area contributed by atoms with Gasteiger partial charge in [0.1, 0.15) is 0 Å². The maximum absolute atomic E-state index is 4.12. The van der Waals surface area contributed by atoms with Crippen LogP contribution in [0.25, 0.3) is 0 Å². The Labute approximate surface area is 65.6 Å². The maximum atomic E-state index is 4.12. The van der Waals surface area contributed by atoms with Crippen molar-refractivity contribution in [2.75, 3.05) is 0 Å². The first-order valence-electron chi connectivity index (χ1n) is 2.92. The van der Waals surface area contributed by atoms with Gasteiger partial charge in [0.2, 0.25) is 0 Å². The van der Waals surface area contributed by atoms with Crippen LogP contribution in [-0.2, 0) is 5.54 Å². The smallest absolute Gasteiger partial charge is 0.189 e. The average molecular weight is 192 g/mol. The fourth-order valence-electron chi connectivity index (χ4n) is 0.416. The van der Waals surface area contributed by atoms with Gasteiger partial charge in [-0.2, -0.15) is 4.09 Å². The van der Waals surface area contributed by atoms with Crippen LogP contribution in [0, 0.1) is 0 Å². The Kier molecular flexibility index (Phi) is 2.63. The van der Waals surface area contributed by atoms with Crippen molar-refractivity contribution in [2.24, 2.45) is 0 Å². The molecule has 10 heavy (non-hydrogen) atoms. The van der Waals surface area contributed by atoms with Crippen molar-refractivity contribution in [3.63, 3.8) is 0 Å². The van der Waals surface area contributed by atoms with Gasteiger partial charge in [-0.1, -0.05) is 0 Å². The Hall–Kier alpha value is 0.300. The Morgan fingerprint density at radius 3 is 1.90 bits per heavy atom. The van der Waals surface area contributed by atoms with Gasteiger partial charge in [-0.15, -0.1) is 0 Å². The number of aromatic nitrogens is 3. The highest BCUT2D eigenvalue weighted by molar-refractivity contribution is 7.39. The van der Waals surface area contributed by atoms with E-state index in [0.717, 1.165) is 25.5 Å². The fourth-order valence-corrected chi connectivity index (χ4v) is 3.10. The third-order valence-corrected chi connectivity index (χ3v) is 4.23. The molecule has 0 amide bonds. The summed E-state index contributed by atoms with van der Waals surface area (Å²) in [6.07, 6.45) is 0. The van der Waals surface area contributed by atoms with Gasteiger partial charge in [0.25, 0.3) is 0 Å². The summed E-state index contributed by atoms with van der Waals surface area (Å²) in [5.74, 6) is 0. The van der Waals surface area contributed by atoms with Crippen molar-refractivity contribution < 1.29 is 4.09 Å². The lowest BCUT2D eigenvalue weighted by Crippen LogP contribution is -2.43. The molecule has 0 aliphatic rings. The molecule has 0 atom stereocenters. The molecule has 1 heterocycles. The normalized spacial score (nSPS) is 13.9. The van der Waals surface area contributed by atoms with Crippen molar-refractivity contribution in [1.82, 2.24) is 9.02 Å². The minimum Gasteiger partial charge on any atom is -0.189 e. The number of rotatable bonds is 0. The van der Waals surface area contributed by atoms with Crippen LogP contribution in [0.4, 0.5) is 0 Å². The Morgan fingerprint density at radius 2 is 1.60 bits per heavy atom. The van der Waals surface area contributed by atoms with E-state index in [1.54, 1.807) is 0 Å². The summed E-state index contributed by atoms with van der Waals surface area (Å²) >= 11 is 0. The van der Waals surface area contributed by atoms with E-state index in [-0.39, 0.29) is 5.54 Å². The highest BCUT2D eigenvalue weighted by Crippen LogP contribution is 2.12. The van der Waals surface area contributed by atoms with Crippen LogP contribution >= 0.6 is 25.5 Å². The van der Waals surface area contributed by atoms with Crippen LogP contribution in [0.15, 0.2) is 0 Å². The largest absolute Gasteiger partial charge is 0.356 e. The molecule has 0 bridgehead atoms. The van der Waals surface area contributed by atoms with E-state index in [2.05, 4.69) is 33.9 Å². The molecule has 0 aliphatic heterocycles. The number of hydrogen-bond donors (Lipinski definition) is 0. The molecule has 0 fully saturated rings. The third kappa shape index (κ3) is 2.16. The monoisotopic (exact) mass is 192 g/mol. The minimum absolute atomic E-state index is 0.187. The molecule has 0 saturated carbocycles. The van der Waals surface area contributed by atoms with E-state index in [1.807, 2.05) is 0 Å². The van der Waals surface area contributed by atoms with Crippen LogP contribution < -0.4 is 4.09 Å². The Morgan fingerprint density at radius 1 is 1.10 bits per heavy atom. The second-order valence-corrected chi connectivity index (χ2v) is 5.99. The molecule has 1 rings (SSSR count). The van der Waals surface area contributed by atoms with E-state index in [1.165, 1.54) is 0 Å². The third-order valence-electron chi connectivity index (χ3n) is 0.929. The van der Waals surface area contributed by atoms with Crippen molar-refractivity contribution in [3.8, 4) is 0 Å². The summed E-state index contributed by atoms with van der Waals surface area (Å²) in [6, 6.07) is 0. The lowest BCUT2D eigenvalue weighted by atomic mass is 10.1. The standard InChI is InChI=1S/C4H9N3P3/c1-4(2,3)7-9-5-8-6-10-7/h1-3H3/q+1. The van der Waals surface area contributed by atoms with E-state index >= 15 is 0 Å². The van der Waals surface area contributed by atoms with Crippen molar-refractivity contribution in [3.05, 3.63) is 0 Å². The molecule has 0 unspecified atom stereocenters. The second-order valence-electron chi connectivity index (χ2n) is 2.91. The van der Waals surface area contributed by atoms with Crippen molar-refractivity contribution >= 4 is 25.5 Å². The summed E-state index contributed by atoms with van der Waals surface area (Å²) < 4.78 is 10.4.